The molecule has 1 unspecified atom stereocenters. The van der Waals surface area contributed by atoms with E-state index in [4.69, 9.17) is 10.5 Å². The Hall–Kier alpha value is -0.660. The van der Waals surface area contributed by atoms with E-state index in [2.05, 4.69) is 18.6 Å². The highest BCUT2D eigenvalue weighted by Gasteiger charge is 2.13. The van der Waals surface area contributed by atoms with Crippen LogP contribution in [0.15, 0.2) is 24.3 Å². The topological polar surface area (TPSA) is 81.4 Å². The first-order chi connectivity index (χ1) is 9.85. The van der Waals surface area contributed by atoms with Gasteiger partial charge in [-0.2, -0.15) is 0 Å². The molecular formula is C15H27ClN2O3S. The lowest BCUT2D eigenvalue weighted by atomic mass is 9.99. The average Bonchev–Trinajstić information content (AvgIpc) is 2.45. The number of hydrogen-bond donors (Lipinski definition) is 2. The number of hydrogen-bond acceptors (Lipinski definition) is 4. The summed E-state index contributed by atoms with van der Waals surface area (Å²) in [5.41, 5.74) is 8.20. The fourth-order valence-electron chi connectivity index (χ4n) is 1.93. The Bertz CT molecular complexity index is 518. The Kier molecular flexibility index (Phi) is 9.87. The van der Waals surface area contributed by atoms with Crippen LogP contribution in [0.2, 0.25) is 0 Å². The molecule has 0 heterocycles. The number of nitrogens with two attached hydrogens (primary N) is 1. The molecule has 0 aliphatic carbocycles. The molecular weight excluding hydrogens is 324 g/mol. The van der Waals surface area contributed by atoms with E-state index in [0.29, 0.717) is 18.9 Å². The molecule has 22 heavy (non-hydrogen) atoms. The average molecular weight is 351 g/mol. The van der Waals surface area contributed by atoms with Crippen molar-refractivity contribution in [2.45, 2.75) is 32.2 Å². The summed E-state index contributed by atoms with van der Waals surface area (Å²) in [6.45, 7) is 4.89. The van der Waals surface area contributed by atoms with Gasteiger partial charge in [0.05, 0.1) is 5.75 Å². The van der Waals surface area contributed by atoms with Crippen molar-refractivity contribution in [2.24, 2.45) is 5.73 Å². The predicted molar refractivity (Wildman–Crippen MR) is 93.0 cm³/mol. The third kappa shape index (κ3) is 7.56. The summed E-state index contributed by atoms with van der Waals surface area (Å²) in [7, 11) is -1.74. The zero-order chi connectivity index (χ0) is 15.9. The summed E-state index contributed by atoms with van der Waals surface area (Å²) in [6, 6.07) is 7.64. The second kappa shape index (κ2) is 10.2. The molecule has 7 heteroatoms. The van der Waals surface area contributed by atoms with E-state index in [-0.39, 0.29) is 30.7 Å². The number of sulfonamides is 1. The summed E-state index contributed by atoms with van der Waals surface area (Å²) in [5.74, 6) is 0.523. The molecule has 3 N–H and O–H groups in total. The Balaban J connectivity index is 0.00000441. The molecule has 1 atom stereocenters. The molecule has 1 aromatic carbocycles. The summed E-state index contributed by atoms with van der Waals surface area (Å²) < 4.78 is 30.9. The van der Waals surface area contributed by atoms with Crippen LogP contribution in [0.4, 0.5) is 0 Å². The Morgan fingerprint density at radius 2 is 1.73 bits per heavy atom. The largest absolute Gasteiger partial charge is 0.385 e. The number of halogens is 1. The van der Waals surface area contributed by atoms with Crippen molar-refractivity contribution in [3.63, 3.8) is 0 Å². The summed E-state index contributed by atoms with van der Waals surface area (Å²) >= 11 is 0. The fraction of sp³-hybridized carbons (Fsp3) is 0.600. The van der Waals surface area contributed by atoms with Gasteiger partial charge in [-0.1, -0.05) is 38.1 Å². The van der Waals surface area contributed by atoms with Crippen LogP contribution in [-0.4, -0.2) is 34.4 Å². The first kappa shape index (κ1) is 21.3. The summed E-state index contributed by atoms with van der Waals surface area (Å²) in [5, 5.41) is 0. The molecule has 1 rings (SSSR count). The van der Waals surface area contributed by atoms with Crippen molar-refractivity contribution >= 4 is 22.4 Å². The van der Waals surface area contributed by atoms with Crippen LogP contribution >= 0.6 is 12.4 Å². The normalized spacial score (nSPS) is 13.0. The van der Waals surface area contributed by atoms with Crippen LogP contribution in [0.3, 0.4) is 0 Å². The van der Waals surface area contributed by atoms with Crippen molar-refractivity contribution in [2.75, 3.05) is 26.0 Å². The molecule has 0 bridgehead atoms. The lowest BCUT2D eigenvalue weighted by Crippen LogP contribution is -2.33. The zero-order valence-electron chi connectivity index (χ0n) is 13.4. The first-order valence-corrected chi connectivity index (χ1v) is 8.82. The van der Waals surface area contributed by atoms with Crippen LogP contribution < -0.4 is 10.5 Å². The molecule has 0 fully saturated rings. The third-order valence-electron chi connectivity index (χ3n) is 3.32. The molecule has 0 aromatic heterocycles. The second-order valence-electron chi connectivity index (χ2n) is 5.44. The SMILES string of the molecule is COCCCS(=O)(=O)NCC(N)c1ccc(C(C)C)cc1.Cl. The molecule has 0 amide bonds. The van der Waals surface area contributed by atoms with Crippen molar-refractivity contribution < 1.29 is 13.2 Å². The minimum absolute atomic E-state index is 0. The van der Waals surface area contributed by atoms with Crippen LogP contribution in [0, 0.1) is 0 Å². The van der Waals surface area contributed by atoms with E-state index in [9.17, 15) is 8.42 Å². The molecule has 0 saturated carbocycles. The Labute approximate surface area is 140 Å². The maximum Gasteiger partial charge on any atom is 0.211 e. The summed E-state index contributed by atoms with van der Waals surface area (Å²) in [4.78, 5) is 0. The molecule has 0 aliphatic rings. The first-order valence-electron chi connectivity index (χ1n) is 7.17. The molecule has 0 radical (unpaired) electrons. The molecule has 5 nitrogen and oxygen atoms in total. The van der Waals surface area contributed by atoms with Gasteiger partial charge in [-0.25, -0.2) is 13.1 Å². The van der Waals surface area contributed by atoms with Crippen LogP contribution in [0.5, 0.6) is 0 Å². The quantitative estimate of drug-likeness (QED) is 0.669. The van der Waals surface area contributed by atoms with Gasteiger partial charge in [0.15, 0.2) is 0 Å². The van der Waals surface area contributed by atoms with Gasteiger partial charge in [-0.05, 0) is 23.5 Å². The van der Waals surface area contributed by atoms with Crippen LogP contribution in [0.25, 0.3) is 0 Å². The molecule has 128 valence electrons. The standard InChI is InChI=1S/C15H26N2O3S.ClH/c1-12(2)13-5-7-14(8-6-13)15(16)11-17-21(18,19)10-4-9-20-3;/h5-8,12,15,17H,4,9-11,16H2,1-3H3;1H. The molecule has 1 aromatic rings. The fourth-order valence-corrected chi connectivity index (χ4v) is 3.00. The lowest BCUT2D eigenvalue weighted by Gasteiger charge is -2.14. The highest BCUT2D eigenvalue weighted by molar-refractivity contribution is 7.89. The molecule has 0 saturated heterocycles. The smallest absolute Gasteiger partial charge is 0.211 e. The highest BCUT2D eigenvalue weighted by Crippen LogP contribution is 2.17. The third-order valence-corrected chi connectivity index (χ3v) is 4.75. The number of rotatable bonds is 9. The van der Waals surface area contributed by atoms with Gasteiger partial charge in [0.1, 0.15) is 0 Å². The number of benzene rings is 1. The van der Waals surface area contributed by atoms with Crippen LogP contribution in [-0.2, 0) is 14.8 Å². The Morgan fingerprint density at radius 3 is 2.23 bits per heavy atom. The van der Waals surface area contributed by atoms with E-state index >= 15 is 0 Å². The monoisotopic (exact) mass is 350 g/mol. The van der Waals surface area contributed by atoms with E-state index in [0.717, 1.165) is 5.56 Å². The van der Waals surface area contributed by atoms with E-state index in [1.165, 1.54) is 5.56 Å². The summed E-state index contributed by atoms with van der Waals surface area (Å²) in [6.07, 6.45) is 0.476. The van der Waals surface area contributed by atoms with Gasteiger partial charge in [-0.15, -0.1) is 12.4 Å². The highest BCUT2D eigenvalue weighted by atomic mass is 35.5. The van der Waals surface area contributed by atoms with Gasteiger partial charge >= 0.3 is 0 Å². The van der Waals surface area contributed by atoms with Gasteiger partial charge < -0.3 is 10.5 Å². The van der Waals surface area contributed by atoms with Gasteiger partial charge in [-0.3, -0.25) is 0 Å². The maximum atomic E-state index is 11.8. The van der Waals surface area contributed by atoms with Crippen molar-refractivity contribution in [1.29, 1.82) is 0 Å². The van der Waals surface area contributed by atoms with Gasteiger partial charge in [0, 0.05) is 26.3 Å². The molecule has 0 spiro atoms. The molecule has 0 aliphatic heterocycles. The van der Waals surface area contributed by atoms with Crippen molar-refractivity contribution in [3.8, 4) is 0 Å². The minimum atomic E-state index is -3.29. The van der Waals surface area contributed by atoms with Crippen molar-refractivity contribution in [1.82, 2.24) is 4.72 Å². The van der Waals surface area contributed by atoms with E-state index in [1.54, 1.807) is 7.11 Å². The lowest BCUT2D eigenvalue weighted by molar-refractivity contribution is 0.199. The maximum absolute atomic E-state index is 11.8. The number of methoxy groups -OCH3 is 1. The Morgan fingerprint density at radius 1 is 1.18 bits per heavy atom. The van der Waals surface area contributed by atoms with Gasteiger partial charge in [0.25, 0.3) is 0 Å². The van der Waals surface area contributed by atoms with Crippen LogP contribution in [0.1, 0.15) is 43.4 Å². The minimum Gasteiger partial charge on any atom is -0.385 e. The van der Waals surface area contributed by atoms with E-state index in [1.807, 2.05) is 24.3 Å². The predicted octanol–water partition coefficient (Wildman–Crippen LogP) is 2.19. The van der Waals surface area contributed by atoms with E-state index < -0.39 is 10.0 Å². The second-order valence-corrected chi connectivity index (χ2v) is 7.37. The number of ether oxygens (including phenoxy) is 1. The number of nitrogens with one attached hydrogen (secondary N) is 1. The van der Waals surface area contributed by atoms with Crippen molar-refractivity contribution in [3.05, 3.63) is 35.4 Å². The van der Waals surface area contributed by atoms with Gasteiger partial charge in [0.2, 0.25) is 10.0 Å². The zero-order valence-corrected chi connectivity index (χ0v) is 15.0.